The Hall–Kier alpha value is -0.220. The minimum atomic E-state index is -0.247. The summed E-state index contributed by atoms with van der Waals surface area (Å²) in [6.07, 6.45) is 0.749. The number of amides is 1. The van der Waals surface area contributed by atoms with Gasteiger partial charge in [-0.2, -0.15) is 12.6 Å². The Morgan fingerprint density at radius 3 is 2.70 bits per heavy atom. The lowest BCUT2D eigenvalue weighted by Crippen LogP contribution is -2.31. The molecule has 0 spiro atoms. The Morgan fingerprint density at radius 2 is 2.40 bits per heavy atom. The first-order valence-electron chi connectivity index (χ1n) is 3.27. The third kappa shape index (κ3) is 3.74. The van der Waals surface area contributed by atoms with Crippen molar-refractivity contribution in [3.63, 3.8) is 0 Å². The lowest BCUT2D eigenvalue weighted by molar-refractivity contribution is -0.121. The van der Waals surface area contributed by atoms with E-state index in [1.807, 2.05) is 0 Å². The molecule has 0 aliphatic heterocycles. The van der Waals surface area contributed by atoms with Crippen molar-refractivity contribution >= 4 is 18.5 Å². The smallest absolute Gasteiger partial charge is 0.221 e. The van der Waals surface area contributed by atoms with Gasteiger partial charge in [0.1, 0.15) is 0 Å². The van der Waals surface area contributed by atoms with Gasteiger partial charge in [-0.05, 0) is 19.2 Å². The van der Waals surface area contributed by atoms with Crippen LogP contribution in [0.15, 0.2) is 0 Å². The standard InChI is InChI=1S/C6H14N2OS/c1-8-4-5(2-3-10)6(7)9/h5,8,10H,2-4H2,1H3,(H2,7,9). The zero-order chi connectivity index (χ0) is 7.98. The van der Waals surface area contributed by atoms with Crippen molar-refractivity contribution in [3.8, 4) is 0 Å². The molecule has 1 unspecified atom stereocenters. The summed E-state index contributed by atoms with van der Waals surface area (Å²) in [5, 5.41) is 2.90. The summed E-state index contributed by atoms with van der Waals surface area (Å²) in [4.78, 5) is 10.6. The van der Waals surface area contributed by atoms with Crippen LogP contribution in [0.1, 0.15) is 6.42 Å². The molecule has 10 heavy (non-hydrogen) atoms. The summed E-state index contributed by atoms with van der Waals surface area (Å²) in [6, 6.07) is 0. The fourth-order valence-corrected chi connectivity index (χ4v) is 1.06. The summed E-state index contributed by atoms with van der Waals surface area (Å²) in [5.41, 5.74) is 5.10. The lowest BCUT2D eigenvalue weighted by atomic mass is 10.1. The summed E-state index contributed by atoms with van der Waals surface area (Å²) in [7, 11) is 1.80. The minimum Gasteiger partial charge on any atom is -0.369 e. The average Bonchev–Trinajstić information content (AvgIpc) is 1.87. The molecule has 3 nitrogen and oxygen atoms in total. The third-order valence-corrected chi connectivity index (χ3v) is 1.59. The largest absolute Gasteiger partial charge is 0.369 e. The van der Waals surface area contributed by atoms with Crippen LogP contribution in [0.2, 0.25) is 0 Å². The normalized spacial score (nSPS) is 13.0. The van der Waals surface area contributed by atoms with Crippen LogP contribution in [-0.2, 0) is 4.79 Å². The van der Waals surface area contributed by atoms with E-state index in [1.54, 1.807) is 7.05 Å². The van der Waals surface area contributed by atoms with Crippen LogP contribution in [-0.4, -0.2) is 25.3 Å². The molecule has 0 bridgehead atoms. The van der Waals surface area contributed by atoms with Crippen molar-refractivity contribution in [2.45, 2.75) is 6.42 Å². The molecule has 0 aliphatic carbocycles. The highest BCUT2D eigenvalue weighted by molar-refractivity contribution is 7.80. The first kappa shape index (κ1) is 9.78. The summed E-state index contributed by atoms with van der Waals surface area (Å²) in [5.74, 6) is 0.390. The number of thiol groups is 1. The van der Waals surface area contributed by atoms with Gasteiger partial charge in [0.2, 0.25) is 5.91 Å². The van der Waals surface area contributed by atoms with Crippen molar-refractivity contribution in [2.24, 2.45) is 11.7 Å². The van der Waals surface area contributed by atoms with Gasteiger partial charge >= 0.3 is 0 Å². The van der Waals surface area contributed by atoms with Gasteiger partial charge < -0.3 is 11.1 Å². The third-order valence-electron chi connectivity index (χ3n) is 1.33. The fourth-order valence-electron chi connectivity index (χ4n) is 0.747. The molecule has 0 aromatic rings. The summed E-state index contributed by atoms with van der Waals surface area (Å²) in [6.45, 7) is 0.649. The molecule has 1 atom stereocenters. The topological polar surface area (TPSA) is 55.1 Å². The second-order valence-electron chi connectivity index (χ2n) is 2.17. The van der Waals surface area contributed by atoms with E-state index in [-0.39, 0.29) is 11.8 Å². The minimum absolute atomic E-state index is 0.0671. The molecule has 0 fully saturated rings. The van der Waals surface area contributed by atoms with Gasteiger partial charge in [-0.3, -0.25) is 4.79 Å². The molecule has 3 N–H and O–H groups in total. The molecular weight excluding hydrogens is 148 g/mol. The Bertz CT molecular complexity index is 102. The van der Waals surface area contributed by atoms with Crippen molar-refractivity contribution < 1.29 is 4.79 Å². The Kier molecular flexibility index (Phi) is 5.43. The quantitative estimate of drug-likeness (QED) is 0.483. The number of rotatable bonds is 5. The number of hydrogen-bond acceptors (Lipinski definition) is 3. The van der Waals surface area contributed by atoms with Crippen molar-refractivity contribution in [3.05, 3.63) is 0 Å². The maximum absolute atomic E-state index is 10.6. The van der Waals surface area contributed by atoms with Crippen molar-refractivity contribution in [2.75, 3.05) is 19.3 Å². The zero-order valence-electron chi connectivity index (χ0n) is 6.13. The van der Waals surface area contributed by atoms with Crippen LogP contribution in [0, 0.1) is 5.92 Å². The molecule has 0 rings (SSSR count). The second-order valence-corrected chi connectivity index (χ2v) is 2.62. The van der Waals surface area contributed by atoms with E-state index in [1.165, 1.54) is 0 Å². The van der Waals surface area contributed by atoms with Crippen molar-refractivity contribution in [1.29, 1.82) is 0 Å². The Morgan fingerprint density at radius 1 is 1.80 bits per heavy atom. The van der Waals surface area contributed by atoms with Crippen LogP contribution in [0.5, 0.6) is 0 Å². The van der Waals surface area contributed by atoms with E-state index < -0.39 is 0 Å². The first-order valence-corrected chi connectivity index (χ1v) is 3.90. The second kappa shape index (κ2) is 5.56. The monoisotopic (exact) mass is 162 g/mol. The van der Waals surface area contributed by atoms with E-state index in [4.69, 9.17) is 5.73 Å². The van der Waals surface area contributed by atoms with E-state index in [0.29, 0.717) is 12.3 Å². The van der Waals surface area contributed by atoms with Crippen LogP contribution >= 0.6 is 12.6 Å². The molecule has 0 saturated heterocycles. The Balaban J connectivity index is 3.61. The van der Waals surface area contributed by atoms with Crippen LogP contribution < -0.4 is 11.1 Å². The SMILES string of the molecule is CNCC(CCS)C(N)=O. The van der Waals surface area contributed by atoms with Crippen molar-refractivity contribution in [1.82, 2.24) is 5.32 Å². The average molecular weight is 162 g/mol. The highest BCUT2D eigenvalue weighted by Gasteiger charge is 2.11. The maximum atomic E-state index is 10.6. The fraction of sp³-hybridized carbons (Fsp3) is 0.833. The van der Waals surface area contributed by atoms with E-state index in [0.717, 1.165) is 6.42 Å². The molecule has 60 valence electrons. The predicted octanol–water partition coefficient (Wildman–Crippen LogP) is -0.373. The molecule has 0 saturated carbocycles. The molecule has 0 heterocycles. The van der Waals surface area contributed by atoms with Gasteiger partial charge in [0.05, 0.1) is 5.92 Å². The first-order chi connectivity index (χ1) is 4.72. The van der Waals surface area contributed by atoms with E-state index in [2.05, 4.69) is 17.9 Å². The maximum Gasteiger partial charge on any atom is 0.221 e. The van der Waals surface area contributed by atoms with E-state index in [9.17, 15) is 4.79 Å². The van der Waals surface area contributed by atoms with Crippen LogP contribution in [0.25, 0.3) is 0 Å². The van der Waals surface area contributed by atoms with Gasteiger partial charge in [-0.1, -0.05) is 0 Å². The highest BCUT2D eigenvalue weighted by atomic mass is 32.1. The van der Waals surface area contributed by atoms with E-state index >= 15 is 0 Å². The van der Waals surface area contributed by atoms with Gasteiger partial charge in [0.25, 0.3) is 0 Å². The predicted molar refractivity (Wildman–Crippen MR) is 45.1 cm³/mol. The summed E-state index contributed by atoms with van der Waals surface area (Å²) >= 11 is 4.01. The molecule has 0 radical (unpaired) electrons. The highest BCUT2D eigenvalue weighted by Crippen LogP contribution is 2.01. The van der Waals surface area contributed by atoms with Gasteiger partial charge in [0, 0.05) is 6.54 Å². The van der Waals surface area contributed by atoms with Crippen LogP contribution in [0.3, 0.4) is 0 Å². The Labute approximate surface area is 66.8 Å². The van der Waals surface area contributed by atoms with Crippen LogP contribution in [0.4, 0.5) is 0 Å². The number of hydrogen-bond donors (Lipinski definition) is 3. The molecule has 1 amide bonds. The number of nitrogens with two attached hydrogens (primary N) is 1. The number of primary amides is 1. The molecule has 4 heteroatoms. The van der Waals surface area contributed by atoms with Gasteiger partial charge in [0.15, 0.2) is 0 Å². The molecule has 0 aromatic carbocycles. The lowest BCUT2D eigenvalue weighted by Gasteiger charge is -2.09. The zero-order valence-corrected chi connectivity index (χ0v) is 7.03. The van der Waals surface area contributed by atoms with Gasteiger partial charge in [-0.15, -0.1) is 0 Å². The number of nitrogens with one attached hydrogen (secondary N) is 1. The van der Waals surface area contributed by atoms with Gasteiger partial charge in [-0.25, -0.2) is 0 Å². The summed E-state index contributed by atoms with van der Waals surface area (Å²) < 4.78 is 0. The molecular formula is C6H14N2OS. The number of carbonyl (C=O) groups is 1. The molecule has 0 aromatic heterocycles. The number of carbonyl (C=O) groups excluding carboxylic acids is 1. The molecule has 0 aliphatic rings.